The third-order valence-electron chi connectivity index (χ3n) is 2.82. The highest BCUT2D eigenvalue weighted by molar-refractivity contribution is 8.04. The van der Waals surface area contributed by atoms with Crippen molar-refractivity contribution in [3.8, 4) is 0 Å². The lowest BCUT2D eigenvalue weighted by molar-refractivity contribution is 0.903. The fourth-order valence-corrected chi connectivity index (χ4v) is 3.74. The Labute approximate surface area is 110 Å². The molecule has 2 heterocycles. The first-order valence-corrected chi connectivity index (χ1v) is 7.41. The zero-order chi connectivity index (χ0) is 11.5. The van der Waals surface area contributed by atoms with Crippen LogP contribution in [0, 0.1) is 0 Å². The number of nitrogens with zero attached hydrogens (tertiary/aromatic N) is 1. The smallest absolute Gasteiger partial charge is 0.0878 e. The Balaban J connectivity index is 1.70. The van der Waals surface area contributed by atoms with Gasteiger partial charge in [0.25, 0.3) is 0 Å². The maximum absolute atomic E-state index is 2.34. The van der Waals surface area contributed by atoms with Crippen molar-refractivity contribution in [1.82, 2.24) is 0 Å². The molecule has 1 nitrogen and oxygen atoms in total. The van der Waals surface area contributed by atoms with Crippen molar-refractivity contribution >= 4 is 28.8 Å². The average Bonchev–Trinajstić information content (AvgIpc) is 2.86. The molecule has 0 amide bonds. The zero-order valence-electron chi connectivity index (χ0n) is 9.37. The van der Waals surface area contributed by atoms with E-state index in [1.807, 2.05) is 23.1 Å². The summed E-state index contributed by atoms with van der Waals surface area (Å²) in [5.41, 5.74) is 2.76. The number of hydrogen-bond donors (Lipinski definition) is 0. The summed E-state index contributed by atoms with van der Waals surface area (Å²) < 4.78 is 1.40. The fraction of sp³-hybridized carbons (Fsp3) is 0.143. The van der Waals surface area contributed by atoms with Crippen LogP contribution < -0.4 is 4.90 Å². The first-order valence-electron chi connectivity index (χ1n) is 5.65. The lowest BCUT2D eigenvalue weighted by Crippen LogP contribution is -2.20. The molecular formula is C14H13NS2. The second-order valence-corrected chi connectivity index (χ2v) is 6.02. The number of benzene rings is 1. The van der Waals surface area contributed by atoms with Crippen molar-refractivity contribution < 1.29 is 0 Å². The Morgan fingerprint density at radius 1 is 1.06 bits per heavy atom. The lowest BCUT2D eigenvalue weighted by Gasteiger charge is -2.23. The Bertz CT molecular complexity index is 516. The van der Waals surface area contributed by atoms with Gasteiger partial charge in [-0.2, -0.15) is 0 Å². The minimum Gasteiger partial charge on any atom is -0.346 e. The standard InChI is InChI=1S/C14H13NS2/c1-2-4-12(5-3-1)6-8-15-9-11-17-14-13(15)7-10-16-14/h1-5,7,9-11H,6,8H2. The predicted molar refractivity (Wildman–Crippen MR) is 76.8 cm³/mol. The summed E-state index contributed by atoms with van der Waals surface area (Å²) in [4.78, 5) is 2.34. The second kappa shape index (κ2) is 4.98. The van der Waals surface area contributed by atoms with Crippen molar-refractivity contribution in [2.75, 3.05) is 11.4 Å². The molecular weight excluding hydrogens is 246 g/mol. The number of thioether (sulfide) groups is 1. The van der Waals surface area contributed by atoms with E-state index in [2.05, 4.69) is 58.3 Å². The van der Waals surface area contributed by atoms with Crippen LogP contribution in [0.1, 0.15) is 5.56 Å². The molecule has 0 spiro atoms. The quantitative estimate of drug-likeness (QED) is 0.805. The van der Waals surface area contributed by atoms with E-state index in [0.717, 1.165) is 13.0 Å². The van der Waals surface area contributed by atoms with Gasteiger partial charge in [0.15, 0.2) is 0 Å². The molecule has 0 atom stereocenters. The molecule has 0 saturated heterocycles. The van der Waals surface area contributed by atoms with E-state index in [9.17, 15) is 0 Å². The Morgan fingerprint density at radius 3 is 2.82 bits per heavy atom. The number of anilines is 1. The van der Waals surface area contributed by atoms with Crippen LogP contribution in [-0.2, 0) is 6.42 Å². The van der Waals surface area contributed by atoms with Gasteiger partial charge in [0.2, 0.25) is 0 Å². The minimum atomic E-state index is 1.05. The van der Waals surface area contributed by atoms with Crippen LogP contribution in [0.5, 0.6) is 0 Å². The molecule has 1 aliphatic heterocycles. The molecule has 3 rings (SSSR count). The summed E-state index contributed by atoms with van der Waals surface area (Å²) in [5.74, 6) is 0. The van der Waals surface area contributed by atoms with Crippen LogP contribution in [-0.4, -0.2) is 6.54 Å². The van der Waals surface area contributed by atoms with Crippen LogP contribution in [0.15, 0.2) is 57.6 Å². The van der Waals surface area contributed by atoms with Gasteiger partial charge >= 0.3 is 0 Å². The van der Waals surface area contributed by atoms with Gasteiger partial charge in [-0.15, -0.1) is 11.3 Å². The number of thiophene rings is 1. The van der Waals surface area contributed by atoms with E-state index in [4.69, 9.17) is 0 Å². The molecule has 1 aliphatic rings. The van der Waals surface area contributed by atoms with E-state index >= 15 is 0 Å². The molecule has 0 fully saturated rings. The van der Waals surface area contributed by atoms with Gasteiger partial charge in [0, 0.05) is 12.7 Å². The summed E-state index contributed by atoms with van der Waals surface area (Å²) in [7, 11) is 0. The summed E-state index contributed by atoms with van der Waals surface area (Å²) in [5, 5.41) is 4.34. The van der Waals surface area contributed by atoms with Gasteiger partial charge in [0.05, 0.1) is 9.90 Å². The topological polar surface area (TPSA) is 3.24 Å². The molecule has 0 N–H and O–H groups in total. The van der Waals surface area contributed by atoms with Crippen LogP contribution >= 0.6 is 23.1 Å². The van der Waals surface area contributed by atoms with Crippen molar-refractivity contribution in [1.29, 1.82) is 0 Å². The molecule has 1 aromatic carbocycles. The molecule has 86 valence electrons. The fourth-order valence-electron chi connectivity index (χ4n) is 1.93. The van der Waals surface area contributed by atoms with Crippen LogP contribution in [0.4, 0.5) is 5.69 Å². The molecule has 0 unspecified atom stereocenters. The molecule has 1 aromatic heterocycles. The Hall–Kier alpha value is -1.19. The third-order valence-corrected chi connectivity index (χ3v) is 4.77. The largest absolute Gasteiger partial charge is 0.346 e. The van der Waals surface area contributed by atoms with E-state index in [1.165, 1.54) is 15.5 Å². The van der Waals surface area contributed by atoms with Gasteiger partial charge in [-0.05, 0) is 28.8 Å². The Kier molecular flexibility index (Phi) is 3.20. The molecule has 2 aromatic rings. The van der Waals surface area contributed by atoms with Gasteiger partial charge in [-0.1, -0.05) is 42.1 Å². The zero-order valence-corrected chi connectivity index (χ0v) is 11.0. The van der Waals surface area contributed by atoms with Crippen molar-refractivity contribution in [3.63, 3.8) is 0 Å². The third kappa shape index (κ3) is 2.40. The molecule has 17 heavy (non-hydrogen) atoms. The maximum atomic E-state index is 2.34. The number of rotatable bonds is 3. The monoisotopic (exact) mass is 259 g/mol. The molecule has 3 heteroatoms. The van der Waals surface area contributed by atoms with E-state index in [0.29, 0.717) is 0 Å². The average molecular weight is 259 g/mol. The van der Waals surface area contributed by atoms with Crippen molar-refractivity contribution in [2.24, 2.45) is 0 Å². The summed E-state index contributed by atoms with van der Waals surface area (Å²) in [6.45, 7) is 1.05. The van der Waals surface area contributed by atoms with Gasteiger partial charge in [-0.25, -0.2) is 0 Å². The van der Waals surface area contributed by atoms with Gasteiger partial charge in [0.1, 0.15) is 0 Å². The first-order chi connectivity index (χ1) is 8.43. The highest BCUT2D eigenvalue weighted by Crippen LogP contribution is 2.39. The van der Waals surface area contributed by atoms with Gasteiger partial charge in [-0.3, -0.25) is 0 Å². The predicted octanol–water partition coefficient (Wildman–Crippen LogP) is 4.37. The molecule has 0 bridgehead atoms. The van der Waals surface area contributed by atoms with E-state index < -0.39 is 0 Å². The molecule has 0 radical (unpaired) electrons. The normalized spacial score (nSPS) is 13.8. The molecule has 0 saturated carbocycles. The summed E-state index contributed by atoms with van der Waals surface area (Å²) >= 11 is 3.64. The van der Waals surface area contributed by atoms with Crippen molar-refractivity contribution in [3.05, 3.63) is 58.9 Å². The van der Waals surface area contributed by atoms with Crippen LogP contribution in [0.3, 0.4) is 0 Å². The van der Waals surface area contributed by atoms with E-state index in [1.54, 1.807) is 0 Å². The van der Waals surface area contributed by atoms with E-state index in [-0.39, 0.29) is 0 Å². The Morgan fingerprint density at radius 2 is 1.94 bits per heavy atom. The minimum absolute atomic E-state index is 1.05. The van der Waals surface area contributed by atoms with Gasteiger partial charge < -0.3 is 4.90 Å². The van der Waals surface area contributed by atoms with Crippen molar-refractivity contribution in [2.45, 2.75) is 10.6 Å². The number of fused-ring (bicyclic) bond motifs is 1. The second-order valence-electron chi connectivity index (χ2n) is 3.93. The SMILES string of the molecule is C1=CN(CCc2ccccc2)c2ccsc2S1. The van der Waals surface area contributed by atoms with Crippen LogP contribution in [0.25, 0.3) is 0 Å². The highest BCUT2D eigenvalue weighted by Gasteiger charge is 2.13. The summed E-state index contributed by atoms with van der Waals surface area (Å²) in [6.07, 6.45) is 3.27. The van der Waals surface area contributed by atoms with Crippen LogP contribution in [0.2, 0.25) is 0 Å². The first kappa shape index (κ1) is 10.9. The number of hydrogen-bond acceptors (Lipinski definition) is 3. The highest BCUT2D eigenvalue weighted by atomic mass is 32.2. The molecule has 0 aliphatic carbocycles. The summed E-state index contributed by atoms with van der Waals surface area (Å²) in [6, 6.07) is 12.9. The lowest BCUT2D eigenvalue weighted by atomic mass is 10.1. The maximum Gasteiger partial charge on any atom is 0.0878 e.